The molecule has 2 rings (SSSR count). The van der Waals surface area contributed by atoms with Gasteiger partial charge in [-0.2, -0.15) is 5.26 Å². The first-order valence-corrected chi connectivity index (χ1v) is 5.14. The van der Waals surface area contributed by atoms with E-state index in [9.17, 15) is 4.39 Å². The predicted molar refractivity (Wildman–Crippen MR) is 63.6 cm³/mol. The fraction of sp³-hybridized carbons (Fsp3) is 0. The van der Waals surface area contributed by atoms with Gasteiger partial charge < -0.3 is 5.32 Å². The van der Waals surface area contributed by atoms with E-state index in [1.807, 2.05) is 6.07 Å². The summed E-state index contributed by atoms with van der Waals surface area (Å²) in [6.07, 6.45) is 1.50. The highest BCUT2D eigenvalue weighted by atomic mass is 35.5. The van der Waals surface area contributed by atoms with E-state index in [0.717, 1.165) is 0 Å². The molecular formula is C12H7ClFN3. The van der Waals surface area contributed by atoms with E-state index in [1.165, 1.54) is 18.3 Å². The molecule has 0 bridgehead atoms. The van der Waals surface area contributed by atoms with Crippen molar-refractivity contribution >= 4 is 23.1 Å². The smallest absolute Gasteiger partial charge is 0.131 e. The first kappa shape index (κ1) is 11.4. The van der Waals surface area contributed by atoms with Crippen LogP contribution < -0.4 is 5.32 Å². The van der Waals surface area contributed by atoms with Crippen LogP contribution in [0.15, 0.2) is 36.5 Å². The Hall–Kier alpha value is -2.12. The molecule has 0 saturated heterocycles. The zero-order valence-electron chi connectivity index (χ0n) is 8.61. The van der Waals surface area contributed by atoms with Crippen LogP contribution in [0.1, 0.15) is 5.56 Å². The van der Waals surface area contributed by atoms with Crippen molar-refractivity contribution in [3.05, 3.63) is 52.9 Å². The van der Waals surface area contributed by atoms with Crippen molar-refractivity contribution in [2.45, 2.75) is 0 Å². The Bertz CT molecular complexity index is 572. The molecule has 1 aromatic carbocycles. The topological polar surface area (TPSA) is 48.7 Å². The fourth-order valence-electron chi connectivity index (χ4n) is 1.34. The van der Waals surface area contributed by atoms with Gasteiger partial charge in [-0.05, 0) is 30.3 Å². The summed E-state index contributed by atoms with van der Waals surface area (Å²) in [6.45, 7) is 0. The van der Waals surface area contributed by atoms with Crippen molar-refractivity contribution in [2.24, 2.45) is 0 Å². The quantitative estimate of drug-likeness (QED) is 0.884. The van der Waals surface area contributed by atoms with Crippen molar-refractivity contribution in [1.29, 1.82) is 5.26 Å². The molecule has 0 fully saturated rings. The van der Waals surface area contributed by atoms with Crippen LogP contribution in [0.4, 0.5) is 15.9 Å². The van der Waals surface area contributed by atoms with Gasteiger partial charge in [-0.1, -0.05) is 11.6 Å². The lowest BCUT2D eigenvalue weighted by Gasteiger charge is -2.06. The van der Waals surface area contributed by atoms with Gasteiger partial charge in [0.25, 0.3) is 0 Å². The van der Waals surface area contributed by atoms with Crippen LogP contribution in [0.2, 0.25) is 5.02 Å². The summed E-state index contributed by atoms with van der Waals surface area (Å²) in [7, 11) is 0. The lowest BCUT2D eigenvalue weighted by atomic mass is 10.2. The van der Waals surface area contributed by atoms with Crippen molar-refractivity contribution < 1.29 is 4.39 Å². The Labute approximate surface area is 102 Å². The number of hydrogen-bond acceptors (Lipinski definition) is 3. The van der Waals surface area contributed by atoms with Crippen molar-refractivity contribution in [2.75, 3.05) is 5.32 Å². The third-order valence-corrected chi connectivity index (χ3v) is 2.24. The largest absolute Gasteiger partial charge is 0.340 e. The molecule has 0 amide bonds. The van der Waals surface area contributed by atoms with Crippen LogP contribution in [0, 0.1) is 17.1 Å². The monoisotopic (exact) mass is 247 g/mol. The zero-order valence-corrected chi connectivity index (χ0v) is 9.37. The Morgan fingerprint density at radius 2 is 2.12 bits per heavy atom. The van der Waals surface area contributed by atoms with Crippen LogP contribution in [0.3, 0.4) is 0 Å². The van der Waals surface area contributed by atoms with Crippen LogP contribution in [0.5, 0.6) is 0 Å². The summed E-state index contributed by atoms with van der Waals surface area (Å²) in [5.74, 6) is 0.0298. The molecule has 0 atom stereocenters. The maximum atomic E-state index is 13.1. The Morgan fingerprint density at radius 1 is 1.29 bits per heavy atom. The SMILES string of the molecule is N#Cc1ccnc(Nc2cc(F)cc(Cl)c2)c1. The van der Waals surface area contributed by atoms with E-state index in [2.05, 4.69) is 10.3 Å². The van der Waals surface area contributed by atoms with Gasteiger partial charge in [0, 0.05) is 16.9 Å². The van der Waals surface area contributed by atoms with Gasteiger partial charge in [0.05, 0.1) is 11.6 Å². The van der Waals surface area contributed by atoms with E-state index in [-0.39, 0.29) is 0 Å². The minimum absolute atomic E-state index is 0.295. The number of halogens is 2. The molecule has 84 valence electrons. The molecule has 0 spiro atoms. The molecule has 0 saturated carbocycles. The minimum atomic E-state index is -0.434. The maximum absolute atomic E-state index is 13.1. The lowest BCUT2D eigenvalue weighted by molar-refractivity contribution is 0.628. The van der Waals surface area contributed by atoms with Crippen LogP contribution >= 0.6 is 11.6 Å². The summed E-state index contributed by atoms with van der Waals surface area (Å²) >= 11 is 5.72. The highest BCUT2D eigenvalue weighted by molar-refractivity contribution is 6.30. The van der Waals surface area contributed by atoms with Crippen LogP contribution in [0.25, 0.3) is 0 Å². The van der Waals surface area contributed by atoms with Gasteiger partial charge in [-0.3, -0.25) is 0 Å². The lowest BCUT2D eigenvalue weighted by Crippen LogP contribution is -1.94. The fourth-order valence-corrected chi connectivity index (χ4v) is 1.56. The molecule has 17 heavy (non-hydrogen) atoms. The third-order valence-electron chi connectivity index (χ3n) is 2.02. The Kier molecular flexibility index (Phi) is 3.22. The van der Waals surface area contributed by atoms with Crippen molar-refractivity contribution in [3.8, 4) is 6.07 Å². The molecule has 5 heteroatoms. The summed E-state index contributed by atoms with van der Waals surface area (Å²) in [6, 6.07) is 9.24. The van der Waals surface area contributed by atoms with Gasteiger partial charge in [0.2, 0.25) is 0 Å². The molecular weight excluding hydrogens is 241 g/mol. The predicted octanol–water partition coefficient (Wildman–Crippen LogP) is 3.49. The second kappa shape index (κ2) is 4.81. The van der Waals surface area contributed by atoms with Gasteiger partial charge >= 0.3 is 0 Å². The normalized spacial score (nSPS) is 9.71. The van der Waals surface area contributed by atoms with Crippen LogP contribution in [-0.4, -0.2) is 4.98 Å². The highest BCUT2D eigenvalue weighted by Gasteiger charge is 2.01. The molecule has 0 aliphatic heterocycles. The molecule has 0 aliphatic rings. The van der Waals surface area contributed by atoms with Crippen molar-refractivity contribution in [1.82, 2.24) is 4.98 Å². The first-order chi connectivity index (χ1) is 8.17. The highest BCUT2D eigenvalue weighted by Crippen LogP contribution is 2.21. The number of rotatable bonds is 2. The summed E-state index contributed by atoms with van der Waals surface area (Å²) in [4.78, 5) is 4.01. The average Bonchev–Trinajstić information content (AvgIpc) is 2.28. The second-order valence-electron chi connectivity index (χ2n) is 3.32. The van der Waals surface area contributed by atoms with E-state index in [1.54, 1.807) is 18.2 Å². The average molecular weight is 248 g/mol. The number of nitrogens with one attached hydrogen (secondary N) is 1. The Morgan fingerprint density at radius 3 is 2.82 bits per heavy atom. The van der Waals surface area contributed by atoms with E-state index < -0.39 is 5.82 Å². The van der Waals surface area contributed by atoms with Gasteiger partial charge in [0.1, 0.15) is 11.6 Å². The molecule has 1 aromatic heterocycles. The number of hydrogen-bond donors (Lipinski definition) is 1. The molecule has 0 unspecified atom stereocenters. The summed E-state index contributed by atoms with van der Waals surface area (Å²) in [5, 5.41) is 11.9. The number of anilines is 2. The van der Waals surface area contributed by atoms with Crippen molar-refractivity contribution in [3.63, 3.8) is 0 Å². The van der Waals surface area contributed by atoms with Crippen LogP contribution in [-0.2, 0) is 0 Å². The first-order valence-electron chi connectivity index (χ1n) is 4.76. The number of benzene rings is 1. The van der Waals surface area contributed by atoms with Gasteiger partial charge in [-0.25, -0.2) is 9.37 Å². The standard InChI is InChI=1S/C12H7ClFN3/c13-9-4-10(14)6-11(5-9)17-12-3-8(7-15)1-2-16-12/h1-6H,(H,16,17). The number of nitrogens with zero attached hydrogens (tertiary/aromatic N) is 2. The molecule has 0 aliphatic carbocycles. The van der Waals surface area contributed by atoms with Gasteiger partial charge in [-0.15, -0.1) is 0 Å². The molecule has 2 aromatic rings. The number of aromatic nitrogens is 1. The number of pyridine rings is 1. The number of nitriles is 1. The summed E-state index contributed by atoms with van der Waals surface area (Å²) in [5.41, 5.74) is 0.961. The molecule has 0 radical (unpaired) electrons. The van der Waals surface area contributed by atoms with Gasteiger partial charge in [0.15, 0.2) is 0 Å². The minimum Gasteiger partial charge on any atom is -0.340 e. The summed E-state index contributed by atoms with van der Waals surface area (Å²) < 4.78 is 13.1. The maximum Gasteiger partial charge on any atom is 0.131 e. The second-order valence-corrected chi connectivity index (χ2v) is 3.76. The molecule has 1 heterocycles. The Balaban J connectivity index is 2.28. The van der Waals surface area contributed by atoms with E-state index in [4.69, 9.17) is 16.9 Å². The zero-order chi connectivity index (χ0) is 12.3. The molecule has 3 nitrogen and oxygen atoms in total. The van der Waals surface area contributed by atoms with E-state index in [0.29, 0.717) is 22.1 Å². The molecule has 1 N–H and O–H groups in total. The van der Waals surface area contributed by atoms with E-state index >= 15 is 0 Å². The third kappa shape index (κ3) is 2.92.